The van der Waals surface area contributed by atoms with Gasteiger partial charge in [0.1, 0.15) is 88.6 Å². The van der Waals surface area contributed by atoms with Crippen molar-refractivity contribution in [3.05, 3.63) is 125 Å². The second-order valence-electron chi connectivity index (χ2n) is 31.9. The second-order valence-corrected chi connectivity index (χ2v) is 34.0. The molecule has 0 radical (unpaired) electrons. The van der Waals surface area contributed by atoms with Gasteiger partial charge in [-0.05, 0) is 154 Å². The van der Waals surface area contributed by atoms with Crippen LogP contribution in [0.25, 0.3) is 11.0 Å². The van der Waals surface area contributed by atoms with E-state index < -0.39 is 178 Å². The van der Waals surface area contributed by atoms with Gasteiger partial charge in [-0.2, -0.15) is 23.5 Å². The summed E-state index contributed by atoms with van der Waals surface area (Å²) in [5.74, 6) is -12.0. The minimum atomic E-state index is -1.91. The minimum Gasteiger partial charge on any atom is -0.508 e. The third-order valence-corrected chi connectivity index (χ3v) is 24.0. The second kappa shape index (κ2) is 38.2. The first kappa shape index (κ1) is 87.6. The number of amides is 13. The number of aliphatic hydroxyl groups excluding tert-OH is 2. The summed E-state index contributed by atoms with van der Waals surface area (Å²) in [6.45, 7) is 14.7. The molecular formula is C80H107N15O17S2. The number of rotatable bonds is 11. The van der Waals surface area contributed by atoms with Gasteiger partial charge >= 0.3 is 0 Å². The van der Waals surface area contributed by atoms with Crippen LogP contribution in [0.1, 0.15) is 136 Å². The molecule has 5 aromatic rings. The quantitative estimate of drug-likeness (QED) is 0.0879. The maximum Gasteiger partial charge on any atom is 0.246 e. The number of phenols is 2. The first-order valence-corrected chi connectivity index (χ1v) is 40.7. The van der Waals surface area contributed by atoms with E-state index in [1.807, 2.05) is 18.2 Å². The van der Waals surface area contributed by atoms with Crippen LogP contribution in [0.4, 0.5) is 0 Å². The number of nitrogens with two attached hydrogens (primary N) is 1. The Morgan fingerprint density at radius 2 is 1.22 bits per heavy atom. The van der Waals surface area contributed by atoms with Crippen LogP contribution in [0.5, 0.6) is 11.5 Å². The van der Waals surface area contributed by atoms with E-state index in [4.69, 9.17) is 5.73 Å². The van der Waals surface area contributed by atoms with Crippen molar-refractivity contribution in [2.45, 2.75) is 222 Å². The van der Waals surface area contributed by atoms with Crippen LogP contribution in [0, 0.1) is 23.2 Å². The molecule has 32 nitrogen and oxygen atoms in total. The number of thioether (sulfide) groups is 2. The van der Waals surface area contributed by atoms with Crippen LogP contribution in [0.3, 0.4) is 0 Å². The Bertz CT molecular complexity index is 4370. The molecule has 4 heterocycles. The molecule has 114 heavy (non-hydrogen) atoms. The van der Waals surface area contributed by atoms with Gasteiger partial charge in [0.05, 0.1) is 12.2 Å². The van der Waals surface area contributed by atoms with Gasteiger partial charge in [0.2, 0.25) is 76.8 Å². The molecule has 3 fully saturated rings. The van der Waals surface area contributed by atoms with Crippen LogP contribution in [-0.2, 0) is 93.1 Å². The molecular weight excluding hydrogens is 1510 g/mol. The van der Waals surface area contributed by atoms with Crippen molar-refractivity contribution in [3.63, 3.8) is 0 Å². The summed E-state index contributed by atoms with van der Waals surface area (Å²) >= 11 is 2.53. The molecule has 34 heteroatoms. The predicted octanol–water partition coefficient (Wildman–Crippen LogP) is 1.08. The number of nitrogens with one attached hydrogen (secondary N) is 12. The zero-order chi connectivity index (χ0) is 83.3. The number of phenolic OH excluding ortho intramolecular Hbond substituents is 2. The number of carbonyl (C=O) groups excluding carboxylic acids is 13. The van der Waals surface area contributed by atoms with E-state index in [1.165, 1.54) is 99.4 Å². The summed E-state index contributed by atoms with van der Waals surface area (Å²) in [5, 5.41) is 73.7. The topological polar surface area (TPSA) is 493 Å². The summed E-state index contributed by atoms with van der Waals surface area (Å²) in [6.07, 6.45) is 1.38. The lowest BCUT2D eigenvalue weighted by molar-refractivity contribution is -0.143. The van der Waals surface area contributed by atoms with Gasteiger partial charge in [0.25, 0.3) is 0 Å². The summed E-state index contributed by atoms with van der Waals surface area (Å²) in [6, 6.07) is 7.77. The van der Waals surface area contributed by atoms with Gasteiger partial charge in [-0.3, -0.25) is 62.3 Å². The number of pyridine rings is 1. The Morgan fingerprint density at radius 3 is 1.80 bits per heavy atom. The summed E-state index contributed by atoms with van der Waals surface area (Å²) in [7, 11) is 0. The molecule has 616 valence electrons. The first-order valence-electron chi connectivity index (χ1n) is 38.4. The van der Waals surface area contributed by atoms with Crippen molar-refractivity contribution in [2.75, 3.05) is 18.1 Å². The number of hydrogen-bond donors (Lipinski definition) is 17. The molecule has 13 amide bonds. The van der Waals surface area contributed by atoms with Crippen LogP contribution in [0.15, 0.2) is 97.3 Å². The zero-order valence-corrected chi connectivity index (χ0v) is 67.3. The third-order valence-electron chi connectivity index (χ3n) is 21.8. The highest BCUT2D eigenvalue weighted by Gasteiger charge is 2.58. The Kier molecular flexibility index (Phi) is 29.4. The van der Waals surface area contributed by atoms with Crippen molar-refractivity contribution < 1.29 is 82.8 Å². The van der Waals surface area contributed by atoms with Crippen LogP contribution in [0.2, 0.25) is 0 Å². The highest BCUT2D eigenvalue weighted by atomic mass is 32.2. The fourth-order valence-corrected chi connectivity index (χ4v) is 17.0. The van der Waals surface area contributed by atoms with Gasteiger partial charge < -0.3 is 94.5 Å². The number of aliphatic hydroxyl groups is 2. The van der Waals surface area contributed by atoms with Gasteiger partial charge in [0.15, 0.2) is 0 Å². The number of nitrogens with zero attached hydrogens (tertiary/aromatic N) is 2. The maximum atomic E-state index is 15.5. The number of benzene rings is 3. The highest BCUT2D eigenvalue weighted by Crippen LogP contribution is 2.51. The van der Waals surface area contributed by atoms with Crippen LogP contribution in [-0.4, -0.2) is 214 Å². The molecule has 1 spiro atoms. The molecule has 2 saturated carbocycles. The van der Waals surface area contributed by atoms with E-state index in [0.717, 1.165) is 11.1 Å². The smallest absolute Gasteiger partial charge is 0.246 e. The molecule has 18 N–H and O–H groups in total. The number of fused-ring (bicyclic) bond motifs is 7. The summed E-state index contributed by atoms with van der Waals surface area (Å²) in [4.78, 5) is 198. The fourth-order valence-electron chi connectivity index (χ4n) is 14.9. The molecule has 2 aromatic heterocycles. The molecule has 2 aliphatic carbocycles. The third kappa shape index (κ3) is 22.2. The average molecular weight is 1610 g/mol. The monoisotopic (exact) mass is 1610 g/mol. The van der Waals surface area contributed by atoms with E-state index in [0.29, 0.717) is 58.5 Å². The molecule has 4 aliphatic rings. The molecule has 16 atom stereocenters. The Balaban J connectivity index is 1.05. The standard InChI is InChI=1S/C80H107N15O17S2/c1-41(2)79(10)76(111)91-63(44(5)97)73(108)89-59(65(81)101)39-113-37-49-14-11-15-50(30-49)38-114-40-60(85-45(6)98)68(103)92-64(78(7,8)9)74(109)88-58(33-47-21-26-54(100)27-22-47)75(110)95-29-13-17-61(95)71(106)90-62(43(4)96)72(107)87-57(34-51-36-83-66-55(51)16-12-28-82-66)70(105)94-80(35-48-18-23-52(80)31-48)77(112)84-42(3)67(102)86-56(69(104)93-79)32-46-19-24-53(99)25-20-46/h11-12,14-16,19-22,24-28,30,36,41-44,48,52,56-64,96-97,99-100H,13,17-18,23,29,31-35,37-40H2,1-10H3,(H2,81,101)(H,82,83)(H,84,112)(H,85,98)(H,86,102)(H,87,107)(H,88,109)(H,89,108)(H,90,106)(H,91,111)(H,92,103)(H,93,104)(H,94,105)/t42-,43+,44+,48?,52?,56-,57-,58-,59+,60-,61-,62-,63-,64+,79-,80+/m0/s1. The Hall–Kier alpha value is -10.3. The number of primary amides is 1. The van der Waals surface area contributed by atoms with Gasteiger partial charge in [0, 0.05) is 73.5 Å². The lowest BCUT2D eigenvalue weighted by Gasteiger charge is -2.39. The molecule has 3 aromatic carbocycles. The Morgan fingerprint density at radius 1 is 0.640 bits per heavy atom. The molecule has 2 unspecified atom stereocenters. The number of carbonyl (C=O) groups is 13. The lowest BCUT2D eigenvalue weighted by atomic mass is 9.79. The van der Waals surface area contributed by atoms with E-state index >= 15 is 19.2 Å². The zero-order valence-electron chi connectivity index (χ0n) is 65.7. The number of H-pyrrole nitrogens is 1. The fraction of sp³-hybridized carbons (Fsp3) is 0.525. The van der Waals surface area contributed by atoms with Crippen LogP contribution >= 0.6 is 23.5 Å². The van der Waals surface area contributed by atoms with Gasteiger partial charge in [-0.25, -0.2) is 4.98 Å². The summed E-state index contributed by atoms with van der Waals surface area (Å²) < 4.78 is 0. The van der Waals surface area contributed by atoms with Crippen molar-refractivity contribution in [1.82, 2.24) is 73.4 Å². The van der Waals surface area contributed by atoms with E-state index in [1.54, 1.807) is 77.3 Å². The SMILES string of the molecule is CC(=O)N[C@H]1CSCc2cccc(c2)CSC[C@H](C(N)=O)NC(=O)[C@H]([C@@H](C)O)NC(=O)[C@](C)(C(C)C)NC(=O)[C@H](Cc2ccc(O)cc2)NC(=O)[C@H](C)NC(=O)[C@]2(CC3CCC2C3)NC(=O)[C@H](Cc2c[nH]c3ncccc23)NC(=O)[C@H]([C@@H](C)O)NC(=O)[C@@H]2CCCN2C(=O)[C@H](Cc2ccc(O)cc2)NC(=O)[C@H](C(C)(C)C)NC1=O. The lowest BCUT2D eigenvalue weighted by Crippen LogP contribution is -2.68. The highest BCUT2D eigenvalue weighted by molar-refractivity contribution is 7.98. The van der Waals surface area contributed by atoms with Crippen molar-refractivity contribution in [2.24, 2.45) is 28.9 Å². The molecule has 4 bridgehead atoms. The normalized spacial score (nSPS) is 28.3. The molecule has 9 rings (SSSR count). The van der Waals surface area contributed by atoms with E-state index in [-0.39, 0.29) is 74.0 Å². The van der Waals surface area contributed by atoms with Gasteiger partial charge in [-0.15, -0.1) is 0 Å². The summed E-state index contributed by atoms with van der Waals surface area (Å²) in [5.41, 5.74) is 4.63. The molecule has 2 aliphatic heterocycles. The molecule has 1 saturated heterocycles. The number of aromatic amines is 1. The van der Waals surface area contributed by atoms with Crippen molar-refractivity contribution in [1.29, 1.82) is 0 Å². The maximum absolute atomic E-state index is 15.5. The van der Waals surface area contributed by atoms with E-state index in [9.17, 15) is 63.6 Å². The average Bonchev–Trinajstić information content (AvgIpc) is 1.59. The largest absolute Gasteiger partial charge is 0.508 e. The number of aromatic nitrogens is 2. The van der Waals surface area contributed by atoms with Crippen molar-refractivity contribution in [3.8, 4) is 11.5 Å². The Labute approximate surface area is 669 Å². The first-order chi connectivity index (χ1) is 53.8. The van der Waals surface area contributed by atoms with Gasteiger partial charge in [-0.1, -0.05) is 83.1 Å². The number of hydrogen-bond acceptors (Lipinski definition) is 20. The number of aromatic hydroxyl groups is 2. The van der Waals surface area contributed by atoms with Crippen LogP contribution < -0.4 is 64.2 Å². The van der Waals surface area contributed by atoms with E-state index in [2.05, 4.69) is 68.5 Å². The van der Waals surface area contributed by atoms with Crippen molar-refractivity contribution >= 4 is 111 Å². The minimum absolute atomic E-state index is 0.00570. The predicted molar refractivity (Wildman–Crippen MR) is 425 cm³/mol.